The first-order valence-electron chi connectivity index (χ1n) is 6.05. The number of anilines is 1. The molecule has 0 fully saturated rings. The molecule has 0 aliphatic carbocycles. The number of carbonyl (C=O) groups is 1. The fraction of sp³-hybridized carbons (Fsp3) is 0.133. The molecule has 0 saturated heterocycles. The lowest BCUT2D eigenvalue weighted by molar-refractivity contribution is -0.118. The summed E-state index contributed by atoms with van der Waals surface area (Å²) in [6.07, 6.45) is 0. The predicted octanol–water partition coefficient (Wildman–Crippen LogP) is 4.05. The lowest BCUT2D eigenvalue weighted by Crippen LogP contribution is -2.27. The molecule has 3 nitrogen and oxygen atoms in total. The fourth-order valence-corrected chi connectivity index (χ4v) is 2.27. The Balaban J connectivity index is 2.29. The number of halogens is 2. The average molecular weight is 354 g/mol. The summed E-state index contributed by atoms with van der Waals surface area (Å²) in [6.45, 7) is 1.91. The lowest BCUT2D eigenvalue weighted by Gasteiger charge is -2.18. The third-order valence-corrected chi connectivity index (χ3v) is 3.90. The number of benzene rings is 2. The minimum Gasteiger partial charge on any atom is -0.370 e. The van der Waals surface area contributed by atoms with Crippen LogP contribution >= 0.6 is 27.5 Å². The van der Waals surface area contributed by atoms with Crippen molar-refractivity contribution in [2.24, 2.45) is 5.73 Å². The molecular weight excluding hydrogens is 340 g/mol. The number of aryl methyl sites for hydroxylation is 1. The maximum Gasteiger partial charge on any atom is 0.244 e. The Morgan fingerprint density at radius 1 is 1.25 bits per heavy atom. The smallest absolute Gasteiger partial charge is 0.244 e. The number of nitrogens with two attached hydrogens (primary N) is 1. The first-order valence-corrected chi connectivity index (χ1v) is 7.22. The molecule has 104 valence electrons. The number of carbonyl (C=O) groups excluding carboxylic acids is 1. The normalized spacial score (nSPS) is 11.9. The van der Waals surface area contributed by atoms with Gasteiger partial charge in [-0.3, -0.25) is 4.79 Å². The molecule has 2 rings (SSSR count). The minimum absolute atomic E-state index is 0.451. The van der Waals surface area contributed by atoms with Crippen LogP contribution in [0.1, 0.15) is 17.2 Å². The van der Waals surface area contributed by atoms with Crippen molar-refractivity contribution in [3.05, 3.63) is 63.1 Å². The monoisotopic (exact) mass is 352 g/mol. The molecule has 3 N–H and O–H groups in total. The van der Waals surface area contributed by atoms with Gasteiger partial charge in [-0.05, 0) is 48.4 Å². The van der Waals surface area contributed by atoms with Crippen molar-refractivity contribution in [2.45, 2.75) is 13.0 Å². The van der Waals surface area contributed by atoms with Crippen molar-refractivity contribution in [3.63, 3.8) is 0 Å². The van der Waals surface area contributed by atoms with E-state index in [2.05, 4.69) is 21.2 Å². The second kappa shape index (κ2) is 6.29. The summed E-state index contributed by atoms with van der Waals surface area (Å²) >= 11 is 9.47. The second-order valence-electron chi connectivity index (χ2n) is 4.50. The van der Waals surface area contributed by atoms with Crippen LogP contribution in [0.2, 0.25) is 5.02 Å². The Hall–Kier alpha value is -1.52. The van der Waals surface area contributed by atoms with Gasteiger partial charge in [-0.1, -0.05) is 39.7 Å². The number of rotatable bonds is 4. The fourth-order valence-electron chi connectivity index (χ4n) is 1.82. The van der Waals surface area contributed by atoms with Gasteiger partial charge in [0, 0.05) is 15.2 Å². The Labute approximate surface area is 131 Å². The van der Waals surface area contributed by atoms with Crippen molar-refractivity contribution in [1.82, 2.24) is 0 Å². The lowest BCUT2D eigenvalue weighted by atomic mass is 10.0. The molecule has 1 unspecified atom stereocenters. The molecular formula is C15H14BrClN2O. The van der Waals surface area contributed by atoms with Crippen LogP contribution in [0.3, 0.4) is 0 Å². The standard InChI is InChI=1S/C15H14BrClN2O/c1-9-2-3-10(8-13(9)17)14(15(18)20)19-12-6-4-11(16)5-7-12/h2-8,14,19H,1H3,(H2,18,20). The van der Waals surface area contributed by atoms with Gasteiger partial charge in [0.05, 0.1) is 0 Å². The van der Waals surface area contributed by atoms with E-state index in [-0.39, 0.29) is 0 Å². The highest BCUT2D eigenvalue weighted by atomic mass is 79.9. The average Bonchev–Trinajstić information content (AvgIpc) is 2.41. The van der Waals surface area contributed by atoms with Crippen LogP contribution in [0.5, 0.6) is 0 Å². The molecule has 2 aromatic carbocycles. The van der Waals surface area contributed by atoms with Gasteiger partial charge in [0.2, 0.25) is 5.91 Å². The van der Waals surface area contributed by atoms with Gasteiger partial charge in [-0.2, -0.15) is 0 Å². The van der Waals surface area contributed by atoms with Crippen molar-refractivity contribution in [2.75, 3.05) is 5.32 Å². The maximum atomic E-state index is 11.7. The zero-order valence-corrected chi connectivity index (χ0v) is 13.2. The first kappa shape index (κ1) is 14.9. The number of primary amides is 1. The van der Waals surface area contributed by atoms with Gasteiger partial charge in [0.15, 0.2) is 0 Å². The van der Waals surface area contributed by atoms with E-state index >= 15 is 0 Å². The van der Waals surface area contributed by atoms with Gasteiger partial charge >= 0.3 is 0 Å². The van der Waals surface area contributed by atoms with Crippen molar-refractivity contribution in [3.8, 4) is 0 Å². The Morgan fingerprint density at radius 3 is 2.45 bits per heavy atom. The zero-order valence-electron chi connectivity index (χ0n) is 10.9. The first-order chi connectivity index (χ1) is 9.47. The number of amides is 1. The van der Waals surface area contributed by atoms with Gasteiger partial charge in [0.1, 0.15) is 6.04 Å². The van der Waals surface area contributed by atoms with Crippen molar-refractivity contribution < 1.29 is 4.79 Å². The SMILES string of the molecule is Cc1ccc(C(Nc2ccc(Br)cc2)C(N)=O)cc1Cl. The van der Waals surface area contributed by atoms with E-state index in [1.807, 2.05) is 43.3 Å². The molecule has 0 saturated carbocycles. The number of hydrogen-bond acceptors (Lipinski definition) is 2. The molecule has 2 aromatic rings. The zero-order chi connectivity index (χ0) is 14.7. The molecule has 1 atom stereocenters. The maximum absolute atomic E-state index is 11.7. The third-order valence-electron chi connectivity index (χ3n) is 2.97. The molecule has 0 spiro atoms. The second-order valence-corrected chi connectivity index (χ2v) is 5.82. The van der Waals surface area contributed by atoms with Crippen LogP contribution in [0.25, 0.3) is 0 Å². The Kier molecular flexibility index (Phi) is 4.68. The summed E-state index contributed by atoms with van der Waals surface area (Å²) in [5, 5.41) is 3.73. The van der Waals surface area contributed by atoms with Crippen molar-refractivity contribution >= 4 is 39.1 Å². The molecule has 0 aromatic heterocycles. The molecule has 0 aliphatic rings. The van der Waals surface area contributed by atoms with Crippen LogP contribution < -0.4 is 11.1 Å². The highest BCUT2D eigenvalue weighted by molar-refractivity contribution is 9.10. The molecule has 0 bridgehead atoms. The summed E-state index contributed by atoms with van der Waals surface area (Å²) < 4.78 is 0.969. The highest BCUT2D eigenvalue weighted by Crippen LogP contribution is 2.25. The summed E-state index contributed by atoms with van der Waals surface area (Å²) in [5.74, 6) is -0.451. The van der Waals surface area contributed by atoms with Crippen LogP contribution in [-0.4, -0.2) is 5.91 Å². The summed E-state index contributed by atoms with van der Waals surface area (Å²) in [4.78, 5) is 11.7. The molecule has 1 amide bonds. The van der Waals surface area contributed by atoms with Crippen LogP contribution in [0.4, 0.5) is 5.69 Å². The molecule has 0 aliphatic heterocycles. The van der Waals surface area contributed by atoms with E-state index in [1.165, 1.54) is 0 Å². The molecule has 5 heteroatoms. The third kappa shape index (κ3) is 3.52. The summed E-state index contributed by atoms with van der Waals surface area (Å²) in [6, 6.07) is 12.4. The topological polar surface area (TPSA) is 55.1 Å². The molecule has 0 radical (unpaired) electrons. The van der Waals surface area contributed by atoms with Gasteiger partial charge in [0.25, 0.3) is 0 Å². The van der Waals surface area contributed by atoms with Crippen LogP contribution in [0.15, 0.2) is 46.9 Å². The van der Waals surface area contributed by atoms with E-state index < -0.39 is 11.9 Å². The predicted molar refractivity (Wildman–Crippen MR) is 85.9 cm³/mol. The quantitative estimate of drug-likeness (QED) is 0.871. The highest BCUT2D eigenvalue weighted by Gasteiger charge is 2.18. The minimum atomic E-state index is -0.616. The number of hydrogen-bond donors (Lipinski definition) is 2. The van der Waals surface area contributed by atoms with E-state index in [1.54, 1.807) is 6.07 Å². The summed E-state index contributed by atoms with van der Waals surface area (Å²) in [5.41, 5.74) is 8.00. The summed E-state index contributed by atoms with van der Waals surface area (Å²) in [7, 11) is 0. The Morgan fingerprint density at radius 2 is 1.90 bits per heavy atom. The van der Waals surface area contributed by atoms with Crippen LogP contribution in [0, 0.1) is 6.92 Å². The van der Waals surface area contributed by atoms with Crippen molar-refractivity contribution in [1.29, 1.82) is 0 Å². The molecule has 0 heterocycles. The Bertz CT molecular complexity index is 628. The van der Waals surface area contributed by atoms with Gasteiger partial charge in [-0.25, -0.2) is 0 Å². The van der Waals surface area contributed by atoms with E-state index in [9.17, 15) is 4.79 Å². The van der Waals surface area contributed by atoms with Gasteiger partial charge < -0.3 is 11.1 Å². The molecule has 20 heavy (non-hydrogen) atoms. The largest absolute Gasteiger partial charge is 0.370 e. The van der Waals surface area contributed by atoms with E-state index in [0.29, 0.717) is 5.02 Å². The van der Waals surface area contributed by atoms with Crippen LogP contribution in [-0.2, 0) is 4.79 Å². The van der Waals surface area contributed by atoms with E-state index in [0.717, 1.165) is 21.3 Å². The van der Waals surface area contributed by atoms with Gasteiger partial charge in [-0.15, -0.1) is 0 Å². The number of nitrogens with one attached hydrogen (secondary N) is 1. The van der Waals surface area contributed by atoms with E-state index in [4.69, 9.17) is 17.3 Å².